The Bertz CT molecular complexity index is 431. The molecule has 0 saturated carbocycles. The zero-order valence-corrected chi connectivity index (χ0v) is 7.40. The van der Waals surface area contributed by atoms with Crippen molar-refractivity contribution in [3.05, 3.63) is 23.7 Å². The maximum absolute atomic E-state index is 11.4. The number of hydrogen-bond acceptors (Lipinski definition) is 4. The number of hydrogen-bond donors (Lipinski definition) is 3. The molecule has 0 aromatic carbocycles. The van der Waals surface area contributed by atoms with Gasteiger partial charge in [0, 0.05) is 5.56 Å². The van der Waals surface area contributed by atoms with Crippen LogP contribution in [0.1, 0.15) is 16.1 Å². The number of nitrogens with one attached hydrogen (secondary N) is 3. The Morgan fingerprint density at radius 2 is 2.29 bits per heavy atom. The van der Waals surface area contributed by atoms with Crippen LogP contribution in [-0.2, 0) is 0 Å². The molecule has 0 fully saturated rings. The molecule has 0 atom stereocenters. The molecule has 2 aromatic heterocycles. The van der Waals surface area contributed by atoms with Crippen LogP contribution in [0, 0.1) is 6.92 Å². The number of aromatic nitrogens is 5. The molecule has 7 nitrogen and oxygen atoms in total. The van der Waals surface area contributed by atoms with Gasteiger partial charge in [0.2, 0.25) is 0 Å². The van der Waals surface area contributed by atoms with Gasteiger partial charge in [-0.1, -0.05) is 0 Å². The normalized spacial score (nSPS) is 10.1. The van der Waals surface area contributed by atoms with Crippen LogP contribution < -0.4 is 5.32 Å². The van der Waals surface area contributed by atoms with Crippen molar-refractivity contribution in [3.8, 4) is 0 Å². The van der Waals surface area contributed by atoms with Crippen molar-refractivity contribution in [3.63, 3.8) is 0 Å². The quantitative estimate of drug-likeness (QED) is 0.627. The summed E-state index contributed by atoms with van der Waals surface area (Å²) in [6, 6.07) is 0. The molecule has 0 radical (unpaired) electrons. The van der Waals surface area contributed by atoms with Crippen molar-refractivity contribution in [1.29, 1.82) is 0 Å². The summed E-state index contributed by atoms with van der Waals surface area (Å²) in [6.45, 7) is 1.84. The fraction of sp³-hybridized carbons (Fsp3) is 0.143. The molecule has 7 heteroatoms. The van der Waals surface area contributed by atoms with Crippen LogP contribution in [0.5, 0.6) is 0 Å². The van der Waals surface area contributed by atoms with Crippen molar-refractivity contribution in [1.82, 2.24) is 25.6 Å². The molecular formula is C7H8N6O. The Hall–Kier alpha value is -2.18. The maximum atomic E-state index is 11.4. The Balaban J connectivity index is 2.13. The predicted octanol–water partition coefficient (Wildman–Crippen LogP) is 0.0885. The highest BCUT2D eigenvalue weighted by atomic mass is 16.2. The minimum atomic E-state index is -0.328. The van der Waals surface area contributed by atoms with Gasteiger partial charge in [-0.25, -0.2) is 0 Å². The minimum Gasteiger partial charge on any atom is -0.305 e. The first kappa shape index (κ1) is 8.42. The van der Waals surface area contributed by atoms with E-state index < -0.39 is 0 Å². The van der Waals surface area contributed by atoms with E-state index in [4.69, 9.17) is 0 Å². The lowest BCUT2D eigenvalue weighted by Crippen LogP contribution is -2.13. The number of nitrogens with zero attached hydrogens (tertiary/aromatic N) is 3. The van der Waals surface area contributed by atoms with Crippen molar-refractivity contribution < 1.29 is 4.79 Å². The summed E-state index contributed by atoms with van der Waals surface area (Å²) >= 11 is 0. The maximum Gasteiger partial charge on any atom is 0.278 e. The Morgan fingerprint density at radius 3 is 2.86 bits per heavy atom. The van der Waals surface area contributed by atoms with Crippen molar-refractivity contribution in [2.75, 3.05) is 5.32 Å². The van der Waals surface area contributed by atoms with Gasteiger partial charge in [0.1, 0.15) is 5.82 Å². The Morgan fingerprint density at radius 1 is 1.43 bits per heavy atom. The first-order valence-corrected chi connectivity index (χ1v) is 3.94. The third-order valence-electron chi connectivity index (χ3n) is 1.72. The lowest BCUT2D eigenvalue weighted by atomic mass is 10.3. The number of aromatic amines is 2. The van der Waals surface area contributed by atoms with Gasteiger partial charge >= 0.3 is 0 Å². The van der Waals surface area contributed by atoms with E-state index in [1.54, 1.807) is 6.20 Å². The van der Waals surface area contributed by atoms with E-state index in [1.165, 1.54) is 6.20 Å². The number of carbonyl (C=O) groups excluding carboxylic acids is 1. The van der Waals surface area contributed by atoms with Crippen LogP contribution in [0.25, 0.3) is 0 Å². The van der Waals surface area contributed by atoms with E-state index in [0.29, 0.717) is 5.82 Å². The molecular weight excluding hydrogens is 184 g/mol. The van der Waals surface area contributed by atoms with Gasteiger partial charge < -0.3 is 5.32 Å². The monoisotopic (exact) mass is 192 g/mol. The average molecular weight is 192 g/mol. The van der Waals surface area contributed by atoms with Gasteiger partial charge in [0.15, 0.2) is 5.69 Å². The Kier molecular flexibility index (Phi) is 1.98. The number of amides is 1. The predicted molar refractivity (Wildman–Crippen MR) is 47.7 cm³/mol. The first-order chi connectivity index (χ1) is 6.77. The standard InChI is InChI=1S/C7H8N6O/c1-4-2-8-12-6(4)10-7(14)5-3-9-13-11-5/h2-3H,1H3,(H,9,11,13)(H2,8,10,12,14). The number of aryl methyl sites for hydroxylation is 1. The molecule has 0 aliphatic heterocycles. The average Bonchev–Trinajstić information content (AvgIpc) is 2.77. The number of H-pyrrole nitrogens is 2. The van der Waals surface area contributed by atoms with Crippen LogP contribution in [0.2, 0.25) is 0 Å². The minimum absolute atomic E-state index is 0.235. The lowest BCUT2D eigenvalue weighted by molar-refractivity contribution is 0.102. The van der Waals surface area contributed by atoms with Gasteiger partial charge in [-0.05, 0) is 6.92 Å². The van der Waals surface area contributed by atoms with Crippen LogP contribution in [-0.4, -0.2) is 31.5 Å². The van der Waals surface area contributed by atoms with Crippen LogP contribution in [0.3, 0.4) is 0 Å². The fourth-order valence-electron chi connectivity index (χ4n) is 0.961. The smallest absolute Gasteiger partial charge is 0.278 e. The molecule has 0 spiro atoms. The summed E-state index contributed by atoms with van der Waals surface area (Å²) in [4.78, 5) is 11.4. The highest BCUT2D eigenvalue weighted by Crippen LogP contribution is 2.09. The lowest BCUT2D eigenvalue weighted by Gasteiger charge is -1.99. The topological polar surface area (TPSA) is 99.4 Å². The van der Waals surface area contributed by atoms with E-state index in [0.717, 1.165) is 5.56 Å². The summed E-state index contributed by atoms with van der Waals surface area (Å²) < 4.78 is 0. The van der Waals surface area contributed by atoms with Gasteiger partial charge in [-0.2, -0.15) is 20.5 Å². The van der Waals surface area contributed by atoms with E-state index in [2.05, 4.69) is 30.9 Å². The summed E-state index contributed by atoms with van der Waals surface area (Å²) in [5.41, 5.74) is 1.10. The second-order valence-corrected chi connectivity index (χ2v) is 2.74. The van der Waals surface area contributed by atoms with E-state index in [9.17, 15) is 4.79 Å². The molecule has 2 rings (SSSR count). The molecule has 0 unspecified atom stereocenters. The van der Waals surface area contributed by atoms with Gasteiger partial charge in [-0.15, -0.1) is 0 Å². The molecule has 0 saturated heterocycles. The zero-order valence-electron chi connectivity index (χ0n) is 7.40. The van der Waals surface area contributed by atoms with Crippen LogP contribution in [0.4, 0.5) is 5.82 Å². The zero-order chi connectivity index (χ0) is 9.97. The Labute approximate surface area is 78.9 Å². The number of carbonyl (C=O) groups is 1. The molecule has 0 aliphatic rings. The second kappa shape index (κ2) is 3.29. The summed E-state index contributed by atoms with van der Waals surface area (Å²) in [6.07, 6.45) is 2.97. The van der Waals surface area contributed by atoms with E-state index in [-0.39, 0.29) is 11.6 Å². The van der Waals surface area contributed by atoms with Gasteiger partial charge in [0.25, 0.3) is 5.91 Å². The highest BCUT2D eigenvalue weighted by Gasteiger charge is 2.10. The second-order valence-electron chi connectivity index (χ2n) is 2.74. The molecule has 0 aliphatic carbocycles. The molecule has 2 aromatic rings. The van der Waals surface area contributed by atoms with Crippen molar-refractivity contribution in [2.24, 2.45) is 0 Å². The summed E-state index contributed by atoms with van der Waals surface area (Å²) in [5.74, 6) is 0.240. The largest absolute Gasteiger partial charge is 0.305 e. The van der Waals surface area contributed by atoms with E-state index in [1.807, 2.05) is 6.92 Å². The number of rotatable bonds is 2. The van der Waals surface area contributed by atoms with Crippen LogP contribution >= 0.6 is 0 Å². The third-order valence-corrected chi connectivity index (χ3v) is 1.72. The molecule has 72 valence electrons. The SMILES string of the molecule is Cc1cn[nH]c1NC(=O)c1cn[nH]n1. The van der Waals surface area contributed by atoms with Gasteiger partial charge in [0.05, 0.1) is 12.4 Å². The summed E-state index contributed by atoms with van der Waals surface area (Å²) in [7, 11) is 0. The van der Waals surface area contributed by atoms with Gasteiger partial charge in [-0.3, -0.25) is 9.89 Å². The third kappa shape index (κ3) is 1.47. The summed E-state index contributed by atoms with van der Waals surface area (Å²) in [5, 5.41) is 18.6. The molecule has 1 amide bonds. The van der Waals surface area contributed by atoms with E-state index >= 15 is 0 Å². The molecule has 0 bridgehead atoms. The molecule has 2 heterocycles. The molecule has 3 N–H and O–H groups in total. The van der Waals surface area contributed by atoms with Crippen molar-refractivity contribution >= 4 is 11.7 Å². The molecule has 14 heavy (non-hydrogen) atoms. The highest BCUT2D eigenvalue weighted by molar-refractivity contribution is 6.02. The first-order valence-electron chi connectivity index (χ1n) is 3.94. The van der Waals surface area contributed by atoms with Crippen LogP contribution in [0.15, 0.2) is 12.4 Å². The number of anilines is 1. The fourth-order valence-corrected chi connectivity index (χ4v) is 0.961. The van der Waals surface area contributed by atoms with Crippen molar-refractivity contribution in [2.45, 2.75) is 6.92 Å².